The molecule has 1 aliphatic heterocycles. The lowest BCUT2D eigenvalue weighted by molar-refractivity contribution is -0.117. The van der Waals surface area contributed by atoms with Gasteiger partial charge in [0.15, 0.2) is 17.1 Å². The number of aromatic nitrogens is 5. The van der Waals surface area contributed by atoms with Crippen molar-refractivity contribution in [2.24, 2.45) is 0 Å². The molecule has 1 N–H and O–H groups in total. The summed E-state index contributed by atoms with van der Waals surface area (Å²) >= 11 is 5.98. The van der Waals surface area contributed by atoms with Crippen LogP contribution in [0, 0.1) is 0 Å². The Labute approximate surface area is 196 Å². The third kappa shape index (κ3) is 3.54. The number of hydrogen-bond acceptors (Lipinski definition) is 6. The molecule has 0 radical (unpaired) electrons. The fourth-order valence-corrected chi connectivity index (χ4v) is 3.98. The van der Waals surface area contributed by atoms with Crippen LogP contribution in [0.1, 0.15) is 0 Å². The van der Waals surface area contributed by atoms with Gasteiger partial charge in [0.1, 0.15) is 25.3 Å². The van der Waals surface area contributed by atoms with Crippen LogP contribution in [-0.2, 0) is 11.3 Å². The monoisotopic (exact) mass is 476 g/mol. The van der Waals surface area contributed by atoms with E-state index in [0.717, 1.165) is 10.2 Å². The molecule has 3 aromatic heterocycles. The number of halogens is 1. The van der Waals surface area contributed by atoms with Crippen LogP contribution in [0.4, 0.5) is 5.69 Å². The lowest BCUT2D eigenvalue weighted by Gasteiger charge is -2.18. The normalized spacial score (nSPS) is 12.9. The van der Waals surface area contributed by atoms with Crippen molar-refractivity contribution in [2.45, 2.75) is 6.54 Å². The first-order valence-electron chi connectivity index (χ1n) is 10.5. The second-order valence-corrected chi connectivity index (χ2v) is 8.14. The van der Waals surface area contributed by atoms with Gasteiger partial charge in [0.25, 0.3) is 0 Å². The number of ether oxygens (including phenoxy) is 2. The summed E-state index contributed by atoms with van der Waals surface area (Å²) in [6.07, 6.45) is 3.25. The van der Waals surface area contributed by atoms with Gasteiger partial charge in [-0.3, -0.25) is 4.79 Å². The molecular weight excluding hydrogens is 460 g/mol. The number of nitrogens with zero attached hydrogens (tertiary/aromatic N) is 5. The summed E-state index contributed by atoms with van der Waals surface area (Å²) < 4.78 is 15.2. The van der Waals surface area contributed by atoms with Gasteiger partial charge in [-0.15, -0.1) is 5.10 Å². The van der Waals surface area contributed by atoms with E-state index in [1.807, 2.05) is 18.2 Å². The maximum atomic E-state index is 12.9. The van der Waals surface area contributed by atoms with Gasteiger partial charge in [-0.1, -0.05) is 23.7 Å². The molecule has 5 aromatic rings. The van der Waals surface area contributed by atoms with Crippen LogP contribution in [0.5, 0.6) is 11.5 Å². The zero-order valence-corrected chi connectivity index (χ0v) is 18.4. The molecule has 34 heavy (non-hydrogen) atoms. The third-order valence-corrected chi connectivity index (χ3v) is 5.70. The SMILES string of the molecule is O=C(Cn1nc2c3cc(-c4ccc(Cl)cc4)nn3ccn2c1=O)Nc1ccc2c(c1)OCCO2. The predicted molar refractivity (Wildman–Crippen MR) is 125 cm³/mol. The van der Waals surface area contributed by atoms with Crippen molar-refractivity contribution in [3.05, 3.63) is 76.4 Å². The molecule has 4 heterocycles. The van der Waals surface area contributed by atoms with E-state index < -0.39 is 11.6 Å². The van der Waals surface area contributed by atoms with Crippen molar-refractivity contribution in [3.8, 4) is 22.8 Å². The average molecular weight is 477 g/mol. The van der Waals surface area contributed by atoms with Crippen LogP contribution in [0.25, 0.3) is 22.4 Å². The van der Waals surface area contributed by atoms with E-state index in [9.17, 15) is 9.59 Å². The van der Waals surface area contributed by atoms with E-state index in [2.05, 4.69) is 15.5 Å². The number of carbonyl (C=O) groups is 1. The summed E-state index contributed by atoms with van der Waals surface area (Å²) in [6, 6.07) is 14.3. The first kappa shape index (κ1) is 20.3. The molecule has 11 heteroatoms. The quantitative estimate of drug-likeness (QED) is 0.428. The highest BCUT2D eigenvalue weighted by molar-refractivity contribution is 6.30. The lowest BCUT2D eigenvalue weighted by atomic mass is 10.1. The van der Waals surface area contributed by atoms with Crippen LogP contribution in [0.2, 0.25) is 5.02 Å². The van der Waals surface area contributed by atoms with Gasteiger partial charge in [-0.05, 0) is 30.3 Å². The van der Waals surface area contributed by atoms with E-state index >= 15 is 0 Å². The number of hydrogen-bond donors (Lipinski definition) is 1. The minimum absolute atomic E-state index is 0.251. The van der Waals surface area contributed by atoms with E-state index in [0.29, 0.717) is 52.3 Å². The number of anilines is 1. The molecule has 0 saturated carbocycles. The molecule has 0 fully saturated rings. The number of benzene rings is 2. The van der Waals surface area contributed by atoms with Crippen molar-refractivity contribution >= 4 is 34.4 Å². The van der Waals surface area contributed by atoms with Crippen LogP contribution in [0.15, 0.2) is 65.7 Å². The summed E-state index contributed by atoms with van der Waals surface area (Å²) in [6.45, 7) is 0.685. The molecule has 0 spiro atoms. The highest BCUT2D eigenvalue weighted by Gasteiger charge is 2.17. The van der Waals surface area contributed by atoms with E-state index in [-0.39, 0.29) is 6.54 Å². The molecule has 0 unspecified atom stereocenters. The highest BCUT2D eigenvalue weighted by Crippen LogP contribution is 2.32. The Hall–Kier alpha value is -4.31. The molecule has 0 bridgehead atoms. The summed E-state index contributed by atoms with van der Waals surface area (Å²) in [5.74, 6) is 0.797. The first-order valence-corrected chi connectivity index (χ1v) is 10.9. The van der Waals surface area contributed by atoms with Gasteiger partial charge in [-0.25, -0.2) is 18.4 Å². The lowest BCUT2D eigenvalue weighted by Crippen LogP contribution is -2.28. The Morgan fingerprint density at radius 1 is 1.00 bits per heavy atom. The summed E-state index contributed by atoms with van der Waals surface area (Å²) in [4.78, 5) is 25.5. The van der Waals surface area contributed by atoms with E-state index in [4.69, 9.17) is 21.1 Å². The molecule has 1 amide bonds. The van der Waals surface area contributed by atoms with Crippen LogP contribution < -0.4 is 20.5 Å². The molecule has 10 nitrogen and oxygen atoms in total. The maximum Gasteiger partial charge on any atom is 0.350 e. The fraction of sp³-hybridized carbons (Fsp3) is 0.130. The summed E-state index contributed by atoms with van der Waals surface area (Å²) in [5.41, 5.74) is 2.73. The smallest absolute Gasteiger partial charge is 0.350 e. The third-order valence-electron chi connectivity index (χ3n) is 5.45. The van der Waals surface area contributed by atoms with E-state index in [1.165, 1.54) is 4.40 Å². The highest BCUT2D eigenvalue weighted by atomic mass is 35.5. The fourth-order valence-electron chi connectivity index (χ4n) is 3.86. The Bertz CT molecular complexity index is 1620. The predicted octanol–water partition coefficient (Wildman–Crippen LogP) is 2.87. The minimum Gasteiger partial charge on any atom is -0.486 e. The van der Waals surface area contributed by atoms with Gasteiger partial charge in [-0.2, -0.15) is 5.10 Å². The number of amides is 1. The van der Waals surface area contributed by atoms with Gasteiger partial charge in [0, 0.05) is 34.7 Å². The molecule has 2 aromatic carbocycles. The van der Waals surface area contributed by atoms with Gasteiger partial charge in [0.2, 0.25) is 5.91 Å². The zero-order valence-electron chi connectivity index (χ0n) is 17.6. The van der Waals surface area contributed by atoms with Crippen LogP contribution in [-0.4, -0.2) is 42.9 Å². The Morgan fingerprint density at radius 3 is 2.62 bits per heavy atom. The van der Waals surface area contributed by atoms with E-state index in [1.54, 1.807) is 47.2 Å². The molecule has 0 aliphatic carbocycles. The van der Waals surface area contributed by atoms with Crippen molar-refractivity contribution in [2.75, 3.05) is 18.5 Å². The zero-order chi connectivity index (χ0) is 23.2. The molecule has 170 valence electrons. The number of carbonyl (C=O) groups excluding carboxylic acids is 1. The maximum absolute atomic E-state index is 12.9. The van der Waals surface area contributed by atoms with Crippen molar-refractivity contribution in [1.29, 1.82) is 0 Å². The molecule has 0 saturated heterocycles. The topological polar surface area (TPSA) is 104 Å². The van der Waals surface area contributed by atoms with Gasteiger partial charge in [0.05, 0.1) is 5.69 Å². The van der Waals surface area contributed by atoms with Crippen LogP contribution >= 0.6 is 11.6 Å². The number of nitrogens with one attached hydrogen (secondary N) is 1. The largest absolute Gasteiger partial charge is 0.486 e. The average Bonchev–Trinajstić information content (AvgIpc) is 3.41. The molecule has 1 aliphatic rings. The summed E-state index contributed by atoms with van der Waals surface area (Å²) in [5, 5.41) is 12.4. The van der Waals surface area contributed by atoms with Gasteiger partial charge >= 0.3 is 5.69 Å². The molecule has 6 rings (SSSR count). The minimum atomic E-state index is -0.427. The molecular formula is C23H17ClN6O4. The van der Waals surface area contributed by atoms with Gasteiger partial charge < -0.3 is 14.8 Å². The van der Waals surface area contributed by atoms with Crippen molar-refractivity contribution < 1.29 is 14.3 Å². The first-order chi connectivity index (χ1) is 16.5. The van der Waals surface area contributed by atoms with Crippen LogP contribution in [0.3, 0.4) is 0 Å². The number of fused-ring (bicyclic) bond motifs is 4. The Balaban J connectivity index is 1.29. The molecule has 0 atom stereocenters. The standard InChI is InChI=1S/C23H17ClN6O4/c24-15-3-1-14(2-4-15)17-12-18-22-27-30(23(32)28(22)7-8-29(18)26-17)13-21(31)25-16-5-6-19-20(11-16)34-10-9-33-19/h1-8,11-12H,9-10,13H2,(H,25,31). The summed E-state index contributed by atoms with van der Waals surface area (Å²) in [7, 11) is 0. The van der Waals surface area contributed by atoms with Crippen molar-refractivity contribution in [3.63, 3.8) is 0 Å². The van der Waals surface area contributed by atoms with Crippen molar-refractivity contribution in [1.82, 2.24) is 23.8 Å². The Kier molecular flexibility index (Phi) is 4.73. The second kappa shape index (κ2) is 7.92. The number of rotatable bonds is 4. The second-order valence-electron chi connectivity index (χ2n) is 7.70. The Morgan fingerprint density at radius 2 is 1.79 bits per heavy atom.